The number of rotatable bonds is 2. The van der Waals surface area contributed by atoms with Crippen LogP contribution < -0.4 is 0 Å². The summed E-state index contributed by atoms with van der Waals surface area (Å²) < 4.78 is 0. The van der Waals surface area contributed by atoms with Crippen molar-refractivity contribution in [3.8, 4) is 0 Å². The third kappa shape index (κ3) is 4.27. The molecule has 0 saturated heterocycles. The monoisotopic (exact) mass is 188 g/mol. The highest BCUT2D eigenvalue weighted by Crippen LogP contribution is 2.35. The fourth-order valence-corrected chi connectivity index (χ4v) is 1.35. The van der Waals surface area contributed by atoms with E-state index < -0.39 is 0 Å². The minimum atomic E-state index is 0.963. The van der Waals surface area contributed by atoms with Gasteiger partial charge in [0, 0.05) is 0 Å². The molecule has 0 aromatic heterocycles. The summed E-state index contributed by atoms with van der Waals surface area (Å²) in [7, 11) is 0. The van der Waals surface area contributed by atoms with Crippen molar-refractivity contribution in [2.75, 3.05) is 0 Å². The highest BCUT2D eigenvalue weighted by atomic mass is 14.3. The maximum atomic E-state index is 3.63. The van der Waals surface area contributed by atoms with Gasteiger partial charge in [-0.1, -0.05) is 56.8 Å². The molecule has 0 bridgehead atoms. The van der Waals surface area contributed by atoms with Gasteiger partial charge < -0.3 is 0 Å². The van der Waals surface area contributed by atoms with Crippen LogP contribution >= 0.6 is 0 Å². The van der Waals surface area contributed by atoms with Crippen molar-refractivity contribution in [3.63, 3.8) is 0 Å². The van der Waals surface area contributed by atoms with Crippen LogP contribution in [0.4, 0.5) is 0 Å². The molecule has 1 aromatic carbocycles. The van der Waals surface area contributed by atoms with Gasteiger partial charge in [-0.15, -0.1) is 0 Å². The minimum absolute atomic E-state index is 0.963. The Kier molecular flexibility index (Phi) is 4.45. The van der Waals surface area contributed by atoms with E-state index in [2.05, 4.69) is 20.4 Å². The van der Waals surface area contributed by atoms with Crippen LogP contribution in [0.25, 0.3) is 6.08 Å². The second kappa shape index (κ2) is 5.64. The van der Waals surface area contributed by atoms with E-state index in [1.54, 1.807) is 0 Å². The van der Waals surface area contributed by atoms with Gasteiger partial charge >= 0.3 is 0 Å². The van der Waals surface area contributed by atoms with E-state index in [0.717, 1.165) is 11.8 Å². The standard InChI is InChI=1S/C8H8.C6H12/c1-2-8-6-4-3-5-7-8;1-5(2)6-3-4-6/h2-7H,1H2;5-6H,3-4H2,1-2H3. The molecule has 0 heterocycles. The van der Waals surface area contributed by atoms with Gasteiger partial charge in [0.1, 0.15) is 0 Å². The summed E-state index contributed by atoms with van der Waals surface area (Å²) in [5, 5.41) is 0. The molecule has 14 heavy (non-hydrogen) atoms. The van der Waals surface area contributed by atoms with E-state index in [-0.39, 0.29) is 0 Å². The molecule has 1 aliphatic carbocycles. The Labute approximate surface area is 87.7 Å². The molecular weight excluding hydrogens is 168 g/mol. The first-order chi connectivity index (χ1) is 6.74. The Morgan fingerprint density at radius 1 is 1.21 bits per heavy atom. The van der Waals surface area contributed by atoms with E-state index >= 15 is 0 Å². The van der Waals surface area contributed by atoms with Crippen molar-refractivity contribution in [3.05, 3.63) is 42.5 Å². The molecule has 2 rings (SSSR count). The van der Waals surface area contributed by atoms with Crippen LogP contribution in [0.5, 0.6) is 0 Å². The van der Waals surface area contributed by atoms with Gasteiger partial charge in [0.25, 0.3) is 0 Å². The smallest absolute Gasteiger partial charge is 0.0263 e. The van der Waals surface area contributed by atoms with Gasteiger partial charge in [-0.25, -0.2) is 0 Å². The molecule has 0 nitrogen and oxygen atoms in total. The summed E-state index contributed by atoms with van der Waals surface area (Å²) >= 11 is 0. The molecule has 1 aliphatic rings. The zero-order chi connectivity index (χ0) is 10.4. The summed E-state index contributed by atoms with van der Waals surface area (Å²) in [6, 6.07) is 10.0. The summed E-state index contributed by atoms with van der Waals surface area (Å²) in [4.78, 5) is 0. The Morgan fingerprint density at radius 3 is 2.00 bits per heavy atom. The highest BCUT2D eigenvalue weighted by Gasteiger charge is 2.23. The topological polar surface area (TPSA) is 0 Å². The summed E-state index contributed by atoms with van der Waals surface area (Å²) in [6.07, 6.45) is 4.83. The maximum Gasteiger partial charge on any atom is -0.0263 e. The molecule has 1 fully saturated rings. The predicted molar refractivity (Wildman–Crippen MR) is 64.1 cm³/mol. The zero-order valence-electron chi connectivity index (χ0n) is 9.24. The highest BCUT2D eigenvalue weighted by molar-refractivity contribution is 5.45. The van der Waals surface area contributed by atoms with Crippen molar-refractivity contribution in [1.29, 1.82) is 0 Å². The molecule has 0 heteroatoms. The lowest BCUT2D eigenvalue weighted by molar-refractivity contribution is 0.563. The minimum Gasteiger partial charge on any atom is -0.0985 e. The number of benzene rings is 1. The quantitative estimate of drug-likeness (QED) is 0.646. The average Bonchev–Trinajstić information content (AvgIpc) is 3.03. The molecule has 76 valence electrons. The van der Waals surface area contributed by atoms with E-state index in [4.69, 9.17) is 0 Å². The van der Waals surface area contributed by atoms with Crippen molar-refractivity contribution in [2.45, 2.75) is 26.7 Å². The molecular formula is C14H20. The lowest BCUT2D eigenvalue weighted by atomic mass is 10.1. The van der Waals surface area contributed by atoms with Crippen molar-refractivity contribution in [2.24, 2.45) is 11.8 Å². The fraction of sp³-hybridized carbons (Fsp3) is 0.429. The van der Waals surface area contributed by atoms with Gasteiger partial charge in [-0.3, -0.25) is 0 Å². The predicted octanol–water partition coefficient (Wildman–Crippen LogP) is 4.38. The summed E-state index contributed by atoms with van der Waals surface area (Å²) in [5.41, 5.74) is 1.17. The first-order valence-electron chi connectivity index (χ1n) is 5.41. The van der Waals surface area contributed by atoms with Gasteiger partial charge in [-0.2, -0.15) is 0 Å². The second-order valence-electron chi connectivity index (χ2n) is 4.20. The summed E-state index contributed by atoms with van der Waals surface area (Å²) in [6.45, 7) is 8.24. The van der Waals surface area contributed by atoms with Gasteiger partial charge in [-0.05, 0) is 30.2 Å². The van der Waals surface area contributed by atoms with Crippen LogP contribution in [0.15, 0.2) is 36.9 Å². The number of hydrogen-bond donors (Lipinski definition) is 0. The SMILES string of the molecule is C=Cc1ccccc1.CC(C)C1CC1. The summed E-state index contributed by atoms with van der Waals surface area (Å²) in [5.74, 6) is 2.06. The third-order valence-electron chi connectivity index (χ3n) is 2.60. The van der Waals surface area contributed by atoms with Crippen molar-refractivity contribution in [1.82, 2.24) is 0 Å². The van der Waals surface area contributed by atoms with Gasteiger partial charge in [0.05, 0.1) is 0 Å². The lowest BCUT2D eigenvalue weighted by Gasteiger charge is -1.94. The van der Waals surface area contributed by atoms with Gasteiger partial charge in [0.15, 0.2) is 0 Å². The molecule has 0 atom stereocenters. The Balaban J connectivity index is 0.000000146. The molecule has 0 unspecified atom stereocenters. The van der Waals surface area contributed by atoms with E-state index in [0.29, 0.717) is 0 Å². The van der Waals surface area contributed by atoms with Crippen LogP contribution in [0, 0.1) is 11.8 Å². The first-order valence-corrected chi connectivity index (χ1v) is 5.41. The van der Waals surface area contributed by atoms with Gasteiger partial charge in [0.2, 0.25) is 0 Å². The van der Waals surface area contributed by atoms with Crippen LogP contribution in [-0.4, -0.2) is 0 Å². The molecule has 0 N–H and O–H groups in total. The van der Waals surface area contributed by atoms with Crippen LogP contribution in [0.2, 0.25) is 0 Å². The Morgan fingerprint density at radius 2 is 1.79 bits per heavy atom. The first kappa shape index (κ1) is 11.0. The second-order valence-corrected chi connectivity index (χ2v) is 4.20. The maximum absolute atomic E-state index is 3.63. The molecule has 0 spiro atoms. The number of hydrogen-bond acceptors (Lipinski definition) is 0. The molecule has 0 amide bonds. The van der Waals surface area contributed by atoms with Crippen LogP contribution in [0.3, 0.4) is 0 Å². The molecule has 1 saturated carbocycles. The Bertz CT molecular complexity index is 255. The van der Waals surface area contributed by atoms with Crippen LogP contribution in [-0.2, 0) is 0 Å². The molecule has 0 aliphatic heterocycles. The molecule has 1 aromatic rings. The van der Waals surface area contributed by atoms with E-state index in [1.165, 1.54) is 18.4 Å². The Hall–Kier alpha value is -1.04. The zero-order valence-corrected chi connectivity index (χ0v) is 9.24. The molecule has 0 radical (unpaired) electrons. The van der Waals surface area contributed by atoms with Crippen molar-refractivity contribution < 1.29 is 0 Å². The normalized spacial score (nSPS) is 14.5. The lowest BCUT2D eigenvalue weighted by Crippen LogP contribution is -1.85. The largest absolute Gasteiger partial charge is 0.0985 e. The fourth-order valence-electron chi connectivity index (χ4n) is 1.35. The third-order valence-corrected chi connectivity index (χ3v) is 2.60. The van der Waals surface area contributed by atoms with Crippen LogP contribution in [0.1, 0.15) is 32.3 Å². The van der Waals surface area contributed by atoms with E-state index in [1.807, 2.05) is 36.4 Å². The average molecular weight is 188 g/mol. The van der Waals surface area contributed by atoms with E-state index in [9.17, 15) is 0 Å². The van der Waals surface area contributed by atoms with Crippen molar-refractivity contribution >= 4 is 6.08 Å².